The van der Waals surface area contributed by atoms with Gasteiger partial charge < -0.3 is 9.47 Å². The molecule has 0 saturated heterocycles. The van der Waals surface area contributed by atoms with Crippen molar-refractivity contribution in [2.75, 3.05) is 18.9 Å². The van der Waals surface area contributed by atoms with E-state index in [0.717, 1.165) is 16.7 Å². The monoisotopic (exact) mass is 335 g/mol. The molecular weight excluding hydrogens is 314 g/mol. The predicted molar refractivity (Wildman–Crippen MR) is 91.7 cm³/mol. The molecule has 0 aliphatic rings. The van der Waals surface area contributed by atoms with Crippen molar-refractivity contribution < 1.29 is 17.9 Å². The van der Waals surface area contributed by atoms with E-state index < -0.39 is 10.0 Å². The molecule has 2 aromatic carbocycles. The van der Waals surface area contributed by atoms with Crippen LogP contribution in [-0.2, 0) is 15.8 Å². The summed E-state index contributed by atoms with van der Waals surface area (Å²) in [4.78, 5) is 0. The van der Waals surface area contributed by atoms with Gasteiger partial charge in [0, 0.05) is 6.07 Å². The fraction of sp³-hybridized carbons (Fsp3) is 0.294. The highest BCUT2D eigenvalue weighted by molar-refractivity contribution is 7.91. The van der Waals surface area contributed by atoms with Crippen molar-refractivity contribution in [2.24, 2.45) is 0 Å². The van der Waals surface area contributed by atoms with E-state index in [4.69, 9.17) is 9.47 Å². The van der Waals surface area contributed by atoms with E-state index >= 15 is 0 Å². The van der Waals surface area contributed by atoms with E-state index in [9.17, 15) is 8.42 Å². The Morgan fingerprint density at radius 1 is 0.957 bits per heavy atom. The van der Waals surface area contributed by atoms with Crippen molar-refractivity contribution in [2.45, 2.75) is 19.6 Å². The van der Waals surface area contributed by atoms with E-state index in [1.807, 2.05) is 38.1 Å². The summed E-state index contributed by atoms with van der Waals surface area (Å²) in [6.07, 6.45) is 0. The average molecular weight is 335 g/mol. The van der Waals surface area contributed by atoms with Gasteiger partial charge in [-0.25, -0.2) is 8.42 Å². The number of hydrogen-bond acceptors (Lipinski definition) is 4. The van der Waals surface area contributed by atoms with Crippen LogP contribution in [0.3, 0.4) is 0 Å². The molecule has 0 unspecified atom stereocenters. The molecule has 0 saturated carbocycles. The van der Waals surface area contributed by atoms with E-state index in [2.05, 4.69) is 4.72 Å². The van der Waals surface area contributed by atoms with Crippen LogP contribution >= 0.6 is 0 Å². The van der Waals surface area contributed by atoms with Crippen LogP contribution in [0.4, 0.5) is 5.69 Å². The Balaban J connectivity index is 2.27. The van der Waals surface area contributed by atoms with Crippen LogP contribution in [0, 0.1) is 13.8 Å². The first-order chi connectivity index (χ1) is 10.8. The van der Waals surface area contributed by atoms with Crippen LogP contribution in [-0.4, -0.2) is 22.6 Å². The van der Waals surface area contributed by atoms with Gasteiger partial charge >= 0.3 is 0 Å². The van der Waals surface area contributed by atoms with Crippen LogP contribution in [0.1, 0.15) is 16.7 Å². The quantitative estimate of drug-likeness (QED) is 0.880. The van der Waals surface area contributed by atoms with Crippen LogP contribution in [0.15, 0.2) is 36.4 Å². The standard InChI is InChI=1S/C17H21NO4S/c1-12-5-7-14(8-6-12)11-23(19,20)18-15-10-16(21-3)13(2)9-17(15)22-4/h5-10,18H,11H2,1-4H3. The van der Waals surface area contributed by atoms with Gasteiger partial charge in [-0.05, 0) is 31.0 Å². The Morgan fingerprint density at radius 2 is 1.57 bits per heavy atom. The first-order valence-electron chi connectivity index (χ1n) is 7.13. The summed E-state index contributed by atoms with van der Waals surface area (Å²) in [5.41, 5.74) is 3.04. The highest BCUT2D eigenvalue weighted by Crippen LogP contribution is 2.33. The number of ether oxygens (including phenoxy) is 2. The average Bonchev–Trinajstić information content (AvgIpc) is 2.50. The summed E-state index contributed by atoms with van der Waals surface area (Å²) in [6.45, 7) is 3.83. The molecule has 0 atom stereocenters. The van der Waals surface area contributed by atoms with Crippen molar-refractivity contribution in [3.63, 3.8) is 0 Å². The Hall–Kier alpha value is -2.21. The molecule has 0 bridgehead atoms. The zero-order chi connectivity index (χ0) is 17.0. The smallest absolute Gasteiger partial charge is 0.237 e. The van der Waals surface area contributed by atoms with Crippen molar-refractivity contribution in [1.82, 2.24) is 0 Å². The van der Waals surface area contributed by atoms with Gasteiger partial charge in [0.25, 0.3) is 0 Å². The third-order valence-electron chi connectivity index (χ3n) is 3.46. The Bertz CT molecular complexity index is 783. The van der Waals surface area contributed by atoms with Gasteiger partial charge in [-0.15, -0.1) is 0 Å². The van der Waals surface area contributed by atoms with Gasteiger partial charge in [0.05, 0.1) is 25.7 Å². The molecule has 0 aliphatic heterocycles. The number of hydrogen-bond donors (Lipinski definition) is 1. The van der Waals surface area contributed by atoms with Gasteiger partial charge in [0.1, 0.15) is 11.5 Å². The minimum atomic E-state index is -3.56. The second-order valence-corrected chi connectivity index (χ2v) is 7.09. The lowest BCUT2D eigenvalue weighted by molar-refractivity contribution is 0.402. The molecule has 2 rings (SSSR count). The van der Waals surface area contributed by atoms with Crippen LogP contribution in [0.2, 0.25) is 0 Å². The first-order valence-corrected chi connectivity index (χ1v) is 8.78. The van der Waals surface area contributed by atoms with Gasteiger partial charge in [-0.1, -0.05) is 29.8 Å². The SMILES string of the molecule is COc1cc(NS(=O)(=O)Cc2ccc(C)cc2)c(OC)cc1C. The summed E-state index contributed by atoms with van der Waals surface area (Å²) in [6, 6.07) is 10.8. The second-order valence-electron chi connectivity index (χ2n) is 5.37. The molecule has 0 spiro atoms. The predicted octanol–water partition coefficient (Wildman–Crippen LogP) is 3.26. The lowest BCUT2D eigenvalue weighted by Crippen LogP contribution is -2.16. The van der Waals surface area contributed by atoms with E-state index in [1.54, 1.807) is 19.2 Å². The topological polar surface area (TPSA) is 64.6 Å². The third kappa shape index (κ3) is 4.39. The largest absolute Gasteiger partial charge is 0.496 e. The molecule has 124 valence electrons. The second kappa shape index (κ2) is 6.91. The fourth-order valence-corrected chi connectivity index (χ4v) is 3.44. The Labute approximate surface area is 137 Å². The van der Waals surface area contributed by atoms with Gasteiger partial charge in [0.2, 0.25) is 10.0 Å². The van der Waals surface area contributed by atoms with Crippen molar-refractivity contribution >= 4 is 15.7 Å². The molecule has 0 heterocycles. The highest BCUT2D eigenvalue weighted by atomic mass is 32.2. The van der Waals surface area contributed by atoms with Crippen molar-refractivity contribution in [1.29, 1.82) is 0 Å². The molecule has 5 nitrogen and oxygen atoms in total. The summed E-state index contributed by atoms with van der Waals surface area (Å²) in [7, 11) is -0.516. The van der Waals surface area contributed by atoms with Crippen molar-refractivity contribution in [3.8, 4) is 11.5 Å². The van der Waals surface area contributed by atoms with Gasteiger partial charge in [-0.2, -0.15) is 0 Å². The zero-order valence-corrected chi connectivity index (χ0v) is 14.5. The number of anilines is 1. The number of aryl methyl sites for hydroxylation is 2. The maximum Gasteiger partial charge on any atom is 0.237 e. The maximum absolute atomic E-state index is 12.4. The number of benzene rings is 2. The summed E-state index contributed by atoms with van der Waals surface area (Å²) in [5.74, 6) is 0.946. The number of rotatable bonds is 6. The molecule has 0 fully saturated rings. The lowest BCUT2D eigenvalue weighted by atomic mass is 10.2. The lowest BCUT2D eigenvalue weighted by Gasteiger charge is -2.15. The van der Waals surface area contributed by atoms with Crippen LogP contribution < -0.4 is 14.2 Å². The Morgan fingerprint density at radius 3 is 2.13 bits per heavy atom. The minimum Gasteiger partial charge on any atom is -0.496 e. The summed E-state index contributed by atoms with van der Waals surface area (Å²) in [5, 5.41) is 0. The number of sulfonamides is 1. The summed E-state index contributed by atoms with van der Waals surface area (Å²) < 4.78 is 37.9. The molecule has 0 aliphatic carbocycles. The molecule has 0 aromatic heterocycles. The number of methoxy groups -OCH3 is 2. The van der Waals surface area contributed by atoms with Crippen molar-refractivity contribution in [3.05, 3.63) is 53.1 Å². The Kier molecular flexibility index (Phi) is 5.15. The van der Waals surface area contributed by atoms with E-state index in [0.29, 0.717) is 17.2 Å². The molecular formula is C17H21NO4S. The maximum atomic E-state index is 12.4. The molecule has 23 heavy (non-hydrogen) atoms. The first kappa shape index (κ1) is 17.1. The normalized spacial score (nSPS) is 11.1. The molecule has 6 heteroatoms. The molecule has 0 radical (unpaired) electrons. The van der Waals surface area contributed by atoms with Crippen LogP contribution in [0.5, 0.6) is 11.5 Å². The highest BCUT2D eigenvalue weighted by Gasteiger charge is 2.16. The number of nitrogens with one attached hydrogen (secondary N) is 1. The summed E-state index contributed by atoms with van der Waals surface area (Å²) >= 11 is 0. The molecule has 1 N–H and O–H groups in total. The third-order valence-corrected chi connectivity index (χ3v) is 4.70. The minimum absolute atomic E-state index is 0.105. The van der Waals surface area contributed by atoms with Crippen LogP contribution in [0.25, 0.3) is 0 Å². The molecule has 0 amide bonds. The fourth-order valence-electron chi connectivity index (χ4n) is 2.24. The zero-order valence-electron chi connectivity index (χ0n) is 13.7. The van der Waals surface area contributed by atoms with E-state index in [1.165, 1.54) is 7.11 Å². The molecule has 2 aromatic rings. The van der Waals surface area contributed by atoms with Gasteiger partial charge in [0.15, 0.2) is 0 Å². The van der Waals surface area contributed by atoms with E-state index in [-0.39, 0.29) is 5.75 Å². The van der Waals surface area contributed by atoms with Gasteiger partial charge in [-0.3, -0.25) is 4.72 Å².